The first-order valence-corrected chi connectivity index (χ1v) is 9.23. The van der Waals surface area contributed by atoms with E-state index in [1.54, 1.807) is 18.6 Å². The Morgan fingerprint density at radius 1 is 1.18 bits per heavy atom. The lowest BCUT2D eigenvalue weighted by Crippen LogP contribution is -2.48. The molecule has 9 nitrogen and oxygen atoms in total. The van der Waals surface area contributed by atoms with Gasteiger partial charge in [0.25, 0.3) is 0 Å². The maximum atomic E-state index is 12.2. The first-order valence-electron chi connectivity index (χ1n) is 9.23. The summed E-state index contributed by atoms with van der Waals surface area (Å²) in [5, 5.41) is 5.69. The average molecular weight is 385 g/mol. The van der Waals surface area contributed by atoms with Crippen LogP contribution in [0.4, 0.5) is 4.79 Å². The number of hydrogen-bond acceptors (Lipinski definition) is 7. The molecule has 28 heavy (non-hydrogen) atoms. The Hall–Kier alpha value is -2.78. The van der Waals surface area contributed by atoms with Crippen molar-refractivity contribution in [2.45, 2.75) is 44.7 Å². The highest BCUT2D eigenvalue weighted by Gasteiger charge is 2.49. The Morgan fingerprint density at radius 2 is 2.04 bits per heavy atom. The standard InChI is InChI=1S/C19H23N5O4/c1-11-6-22-13(7-21-11)8-23-19(25)24-14-9-26-18-16(10-27-17(14)18)28-15-4-3-5-20-12(15)2/h3-7,14,16-18H,8-10H2,1-2H3,(H2,23,24,25)/t14-,16-,17+,18+/m0/s1. The Bertz CT molecular complexity index is 831. The van der Waals surface area contributed by atoms with E-state index in [2.05, 4.69) is 25.6 Å². The number of ether oxygens (including phenoxy) is 3. The van der Waals surface area contributed by atoms with E-state index in [0.717, 1.165) is 11.4 Å². The van der Waals surface area contributed by atoms with Gasteiger partial charge in [-0.15, -0.1) is 0 Å². The van der Waals surface area contributed by atoms with Crippen LogP contribution in [0.15, 0.2) is 30.7 Å². The lowest BCUT2D eigenvalue weighted by atomic mass is 10.1. The zero-order valence-corrected chi connectivity index (χ0v) is 15.8. The number of hydrogen-bond donors (Lipinski definition) is 2. The quantitative estimate of drug-likeness (QED) is 0.787. The molecule has 4 rings (SSSR count). The smallest absolute Gasteiger partial charge is 0.315 e. The van der Waals surface area contributed by atoms with Crippen molar-refractivity contribution in [3.8, 4) is 5.75 Å². The van der Waals surface area contributed by atoms with Crippen molar-refractivity contribution in [1.29, 1.82) is 0 Å². The first kappa shape index (κ1) is 18.6. The molecule has 4 atom stereocenters. The molecule has 4 heterocycles. The molecule has 2 saturated heterocycles. The molecule has 2 aliphatic heterocycles. The fourth-order valence-electron chi connectivity index (χ4n) is 3.35. The molecule has 9 heteroatoms. The lowest BCUT2D eigenvalue weighted by Gasteiger charge is -2.19. The van der Waals surface area contributed by atoms with Crippen molar-refractivity contribution in [1.82, 2.24) is 25.6 Å². The van der Waals surface area contributed by atoms with E-state index in [1.807, 2.05) is 26.0 Å². The van der Waals surface area contributed by atoms with Gasteiger partial charge in [0, 0.05) is 12.4 Å². The number of carbonyl (C=O) groups is 1. The van der Waals surface area contributed by atoms with Gasteiger partial charge in [0.15, 0.2) is 6.10 Å². The molecular weight excluding hydrogens is 362 g/mol. The van der Waals surface area contributed by atoms with Crippen LogP contribution in [0.25, 0.3) is 0 Å². The van der Waals surface area contributed by atoms with Crippen molar-refractivity contribution in [2.24, 2.45) is 0 Å². The second kappa shape index (κ2) is 8.07. The second-order valence-corrected chi connectivity index (χ2v) is 6.92. The zero-order chi connectivity index (χ0) is 19.5. The first-order chi connectivity index (χ1) is 13.6. The molecule has 2 amide bonds. The third-order valence-electron chi connectivity index (χ3n) is 4.83. The molecule has 2 aliphatic rings. The maximum absolute atomic E-state index is 12.2. The predicted molar refractivity (Wildman–Crippen MR) is 98.8 cm³/mol. The van der Waals surface area contributed by atoms with Gasteiger partial charge in [0.1, 0.15) is 18.0 Å². The van der Waals surface area contributed by atoms with Gasteiger partial charge in [-0.2, -0.15) is 0 Å². The molecule has 0 bridgehead atoms. The van der Waals surface area contributed by atoms with Crippen molar-refractivity contribution in [3.63, 3.8) is 0 Å². The molecule has 2 N–H and O–H groups in total. The number of aromatic nitrogens is 3. The van der Waals surface area contributed by atoms with Gasteiger partial charge in [-0.3, -0.25) is 15.0 Å². The van der Waals surface area contributed by atoms with Crippen LogP contribution in [0, 0.1) is 13.8 Å². The van der Waals surface area contributed by atoms with Crippen LogP contribution in [0.2, 0.25) is 0 Å². The number of nitrogens with zero attached hydrogens (tertiary/aromatic N) is 3. The summed E-state index contributed by atoms with van der Waals surface area (Å²) in [4.78, 5) is 24.8. The summed E-state index contributed by atoms with van der Waals surface area (Å²) in [7, 11) is 0. The summed E-state index contributed by atoms with van der Waals surface area (Å²) in [5.74, 6) is 0.716. The van der Waals surface area contributed by atoms with Gasteiger partial charge in [0.2, 0.25) is 0 Å². The van der Waals surface area contributed by atoms with Crippen molar-refractivity contribution in [2.75, 3.05) is 13.2 Å². The molecule has 2 aromatic rings. The van der Waals surface area contributed by atoms with Crippen LogP contribution in [0.5, 0.6) is 5.75 Å². The molecule has 2 fully saturated rings. The van der Waals surface area contributed by atoms with Crippen molar-refractivity contribution in [3.05, 3.63) is 47.8 Å². The van der Waals surface area contributed by atoms with E-state index in [-0.39, 0.29) is 30.4 Å². The van der Waals surface area contributed by atoms with Crippen LogP contribution in [-0.4, -0.2) is 58.6 Å². The summed E-state index contributed by atoms with van der Waals surface area (Å²) < 4.78 is 17.7. The molecule has 0 aliphatic carbocycles. The molecule has 0 aromatic carbocycles. The van der Waals surface area contributed by atoms with Gasteiger partial charge >= 0.3 is 6.03 Å². The minimum absolute atomic E-state index is 0.229. The topological polar surface area (TPSA) is 107 Å². The Labute approximate surface area is 162 Å². The Kier molecular flexibility index (Phi) is 5.36. The minimum atomic E-state index is -0.298. The Morgan fingerprint density at radius 3 is 2.82 bits per heavy atom. The van der Waals surface area contributed by atoms with Gasteiger partial charge in [-0.05, 0) is 26.0 Å². The molecule has 0 spiro atoms. The second-order valence-electron chi connectivity index (χ2n) is 6.92. The van der Waals surface area contributed by atoms with E-state index in [9.17, 15) is 4.79 Å². The number of carbonyl (C=O) groups excluding carboxylic acids is 1. The summed E-state index contributed by atoms with van der Waals surface area (Å²) >= 11 is 0. The number of fused-ring (bicyclic) bond motifs is 1. The number of pyridine rings is 1. The number of nitrogens with one attached hydrogen (secondary N) is 2. The lowest BCUT2D eigenvalue weighted by molar-refractivity contribution is 0.0299. The van der Waals surface area contributed by atoms with Gasteiger partial charge in [-0.25, -0.2) is 4.79 Å². The van der Waals surface area contributed by atoms with Crippen LogP contribution >= 0.6 is 0 Å². The molecular formula is C19H23N5O4. The highest BCUT2D eigenvalue weighted by Crippen LogP contribution is 2.30. The van der Waals surface area contributed by atoms with Crippen molar-refractivity contribution < 1.29 is 19.0 Å². The summed E-state index contributed by atoms with van der Waals surface area (Å²) in [5.41, 5.74) is 2.34. The van der Waals surface area contributed by atoms with E-state index >= 15 is 0 Å². The number of rotatable bonds is 5. The third-order valence-corrected chi connectivity index (χ3v) is 4.83. The highest BCUT2D eigenvalue weighted by molar-refractivity contribution is 5.74. The van der Waals surface area contributed by atoms with Crippen LogP contribution < -0.4 is 15.4 Å². The monoisotopic (exact) mass is 385 g/mol. The van der Waals surface area contributed by atoms with E-state index in [4.69, 9.17) is 14.2 Å². The molecule has 148 valence electrons. The molecule has 0 unspecified atom stereocenters. The third kappa shape index (κ3) is 4.05. The summed E-state index contributed by atoms with van der Waals surface area (Å²) in [6.07, 6.45) is 4.33. The molecule has 0 radical (unpaired) electrons. The van der Waals surface area contributed by atoms with E-state index in [0.29, 0.717) is 31.2 Å². The van der Waals surface area contributed by atoms with E-state index < -0.39 is 0 Å². The van der Waals surface area contributed by atoms with Gasteiger partial charge < -0.3 is 24.8 Å². The highest BCUT2D eigenvalue weighted by atomic mass is 16.6. The molecule has 2 aromatic heterocycles. The van der Waals surface area contributed by atoms with E-state index in [1.165, 1.54) is 0 Å². The van der Waals surface area contributed by atoms with Crippen LogP contribution in [-0.2, 0) is 16.0 Å². The molecule has 0 saturated carbocycles. The van der Waals surface area contributed by atoms with Gasteiger partial charge in [-0.1, -0.05) is 0 Å². The van der Waals surface area contributed by atoms with Crippen molar-refractivity contribution >= 4 is 6.03 Å². The number of urea groups is 1. The zero-order valence-electron chi connectivity index (χ0n) is 15.8. The maximum Gasteiger partial charge on any atom is 0.315 e. The fraction of sp³-hybridized carbons (Fsp3) is 0.474. The fourth-order valence-corrected chi connectivity index (χ4v) is 3.35. The predicted octanol–water partition coefficient (Wildman–Crippen LogP) is 0.901. The largest absolute Gasteiger partial charge is 0.483 e. The number of amides is 2. The Balaban J connectivity index is 1.29. The normalized spacial score (nSPS) is 25.9. The summed E-state index contributed by atoms with van der Waals surface area (Å²) in [6.45, 7) is 4.84. The minimum Gasteiger partial charge on any atom is -0.483 e. The van der Waals surface area contributed by atoms with Crippen LogP contribution in [0.3, 0.4) is 0 Å². The SMILES string of the molecule is Cc1cnc(CNC(=O)N[C@H]2CO[C@H]3[C@@H]2OC[C@@H]3Oc2cccnc2C)cn1. The average Bonchev–Trinajstić information content (AvgIpc) is 3.27. The summed E-state index contributed by atoms with van der Waals surface area (Å²) in [6, 6.07) is 3.17. The van der Waals surface area contributed by atoms with Crippen LogP contribution in [0.1, 0.15) is 17.1 Å². The van der Waals surface area contributed by atoms with Gasteiger partial charge in [0.05, 0.1) is 49.1 Å². The number of aryl methyl sites for hydroxylation is 2.